The van der Waals surface area contributed by atoms with Gasteiger partial charge in [-0.05, 0) is 32.1 Å². The first-order valence-corrected chi connectivity index (χ1v) is 22.2. The van der Waals surface area contributed by atoms with Crippen molar-refractivity contribution in [1.29, 1.82) is 0 Å². The average molecular weight is 748 g/mol. The largest absolute Gasteiger partial charge is 0.480 e. The highest BCUT2D eigenvalue weighted by Crippen LogP contribution is 2.43. The summed E-state index contributed by atoms with van der Waals surface area (Å²) in [5.74, 6) is -1.78. The van der Waals surface area contributed by atoms with E-state index < -0.39 is 45.1 Å². The molecule has 0 rings (SSSR count). The summed E-state index contributed by atoms with van der Waals surface area (Å²) in [6.45, 7) is 3.83. The minimum atomic E-state index is -4.61. The predicted molar refractivity (Wildman–Crippen MR) is 208 cm³/mol. The van der Waals surface area contributed by atoms with Gasteiger partial charge in [-0.1, -0.05) is 167 Å². The maximum atomic E-state index is 12.5. The van der Waals surface area contributed by atoms with Gasteiger partial charge in [0.05, 0.1) is 19.8 Å². The van der Waals surface area contributed by atoms with Crippen molar-refractivity contribution in [2.45, 2.75) is 206 Å². The van der Waals surface area contributed by atoms with Gasteiger partial charge >= 0.3 is 19.8 Å². The number of aliphatic carboxylic acids is 1. The number of carboxylic acids is 1. The standard InChI is InChI=1S/C40H78NO9P/c1-3-5-7-9-11-13-15-16-17-18-19-20-21-22-23-25-27-29-31-33-47-34-37(35-48-51(45,46)49-36-38(41)40(43)44)50-39(42)32-30-28-26-24-14-12-10-8-6-4-2/h8,10,37-38H,3-7,9,11-36,41H2,1-2H3,(H,43,44)(H,45,46)/b10-8-. The topological polar surface area (TPSA) is 155 Å². The molecule has 0 aliphatic heterocycles. The number of ether oxygens (including phenoxy) is 2. The molecule has 0 saturated carbocycles. The third-order valence-electron chi connectivity index (χ3n) is 9.03. The number of carbonyl (C=O) groups excluding carboxylic acids is 1. The van der Waals surface area contributed by atoms with Crippen LogP contribution in [-0.2, 0) is 32.7 Å². The van der Waals surface area contributed by atoms with Gasteiger partial charge in [0.1, 0.15) is 12.1 Å². The van der Waals surface area contributed by atoms with Gasteiger partial charge in [-0.15, -0.1) is 0 Å². The summed E-state index contributed by atoms with van der Waals surface area (Å²) in [5.41, 5.74) is 5.34. The maximum Gasteiger partial charge on any atom is 0.472 e. The monoisotopic (exact) mass is 748 g/mol. The zero-order chi connectivity index (χ0) is 37.7. The predicted octanol–water partition coefficient (Wildman–Crippen LogP) is 11.0. The van der Waals surface area contributed by atoms with Crippen molar-refractivity contribution in [1.82, 2.24) is 0 Å². The van der Waals surface area contributed by atoms with E-state index in [1.165, 1.54) is 109 Å². The van der Waals surface area contributed by atoms with Crippen LogP contribution >= 0.6 is 7.82 Å². The number of rotatable bonds is 40. The molecule has 3 unspecified atom stereocenters. The molecule has 0 aliphatic rings. The summed E-state index contributed by atoms with van der Waals surface area (Å²) in [6, 6.07) is -1.47. The Morgan fingerprint density at radius 2 is 1.06 bits per heavy atom. The summed E-state index contributed by atoms with van der Waals surface area (Å²) < 4.78 is 33.2. The Hall–Kier alpha value is -1.29. The van der Waals surface area contributed by atoms with E-state index >= 15 is 0 Å². The molecule has 51 heavy (non-hydrogen) atoms. The summed E-state index contributed by atoms with van der Waals surface area (Å²) in [6.07, 6.45) is 37.0. The van der Waals surface area contributed by atoms with Gasteiger partial charge in [0.2, 0.25) is 0 Å². The van der Waals surface area contributed by atoms with Crippen molar-refractivity contribution < 1.29 is 42.7 Å². The maximum absolute atomic E-state index is 12.5. The molecule has 0 saturated heterocycles. The molecule has 0 amide bonds. The Kier molecular flexibility index (Phi) is 36.1. The van der Waals surface area contributed by atoms with Crippen LogP contribution in [0.1, 0.15) is 194 Å². The lowest BCUT2D eigenvalue weighted by atomic mass is 10.0. The first-order chi connectivity index (χ1) is 24.7. The van der Waals surface area contributed by atoms with Crippen LogP contribution in [0.15, 0.2) is 12.2 Å². The molecule has 0 bridgehead atoms. The Morgan fingerprint density at radius 1 is 0.608 bits per heavy atom. The molecule has 4 N–H and O–H groups in total. The molecule has 0 aromatic rings. The lowest BCUT2D eigenvalue weighted by Gasteiger charge is -2.20. The number of nitrogens with two attached hydrogens (primary N) is 1. The fraction of sp³-hybridized carbons (Fsp3) is 0.900. The van der Waals surface area contributed by atoms with Crippen molar-refractivity contribution in [2.24, 2.45) is 5.73 Å². The fourth-order valence-electron chi connectivity index (χ4n) is 5.78. The molecular weight excluding hydrogens is 669 g/mol. The van der Waals surface area contributed by atoms with E-state index in [0.29, 0.717) is 13.0 Å². The molecule has 3 atom stereocenters. The van der Waals surface area contributed by atoms with Crippen LogP contribution in [-0.4, -0.2) is 60.5 Å². The van der Waals surface area contributed by atoms with Gasteiger partial charge in [-0.25, -0.2) is 4.57 Å². The van der Waals surface area contributed by atoms with E-state index in [0.717, 1.165) is 57.8 Å². The highest BCUT2D eigenvalue weighted by Gasteiger charge is 2.27. The van der Waals surface area contributed by atoms with Gasteiger partial charge in [0.25, 0.3) is 0 Å². The third-order valence-corrected chi connectivity index (χ3v) is 9.98. The molecule has 11 heteroatoms. The summed E-state index contributed by atoms with van der Waals surface area (Å²) in [7, 11) is -4.61. The summed E-state index contributed by atoms with van der Waals surface area (Å²) >= 11 is 0. The van der Waals surface area contributed by atoms with Crippen LogP contribution in [0.4, 0.5) is 0 Å². The lowest BCUT2D eigenvalue weighted by molar-refractivity contribution is -0.154. The molecular formula is C40H78NO9P. The quantitative estimate of drug-likeness (QED) is 0.0239. The smallest absolute Gasteiger partial charge is 0.472 e. The van der Waals surface area contributed by atoms with Crippen molar-refractivity contribution in [3.63, 3.8) is 0 Å². The molecule has 302 valence electrons. The molecule has 0 heterocycles. The van der Waals surface area contributed by atoms with Crippen LogP contribution in [0.5, 0.6) is 0 Å². The van der Waals surface area contributed by atoms with Crippen LogP contribution in [0, 0.1) is 0 Å². The number of carbonyl (C=O) groups is 2. The Morgan fingerprint density at radius 3 is 1.57 bits per heavy atom. The van der Waals surface area contributed by atoms with Gasteiger partial charge in [-0.3, -0.25) is 18.6 Å². The van der Waals surface area contributed by atoms with Gasteiger partial charge in [0.15, 0.2) is 0 Å². The molecule has 0 spiro atoms. The number of allylic oxidation sites excluding steroid dienone is 2. The minimum absolute atomic E-state index is 0.0188. The number of esters is 1. The highest BCUT2D eigenvalue weighted by atomic mass is 31.2. The third kappa shape index (κ3) is 36.8. The number of hydrogen-bond donors (Lipinski definition) is 3. The lowest BCUT2D eigenvalue weighted by Crippen LogP contribution is -2.34. The normalized spacial score (nSPS) is 14.1. The van der Waals surface area contributed by atoms with Gasteiger partial charge in [0, 0.05) is 13.0 Å². The molecule has 0 radical (unpaired) electrons. The van der Waals surface area contributed by atoms with E-state index in [2.05, 4.69) is 26.0 Å². The van der Waals surface area contributed by atoms with Crippen molar-refractivity contribution >= 4 is 19.8 Å². The Balaban J connectivity index is 4.14. The first kappa shape index (κ1) is 49.7. The Labute approximate surface area is 312 Å². The summed E-state index contributed by atoms with van der Waals surface area (Å²) in [4.78, 5) is 33.4. The molecule has 0 fully saturated rings. The van der Waals surface area contributed by atoms with E-state index in [4.69, 9.17) is 29.4 Å². The molecule has 0 aromatic carbocycles. The van der Waals surface area contributed by atoms with E-state index in [1.807, 2.05) is 0 Å². The van der Waals surface area contributed by atoms with Crippen LogP contribution in [0.25, 0.3) is 0 Å². The molecule has 0 aliphatic carbocycles. The van der Waals surface area contributed by atoms with E-state index in [-0.39, 0.29) is 13.0 Å². The number of carboxylic acid groups (broad SMARTS) is 1. The van der Waals surface area contributed by atoms with E-state index in [1.54, 1.807) is 0 Å². The molecule has 10 nitrogen and oxygen atoms in total. The van der Waals surface area contributed by atoms with Crippen molar-refractivity contribution in [2.75, 3.05) is 26.4 Å². The van der Waals surface area contributed by atoms with Crippen LogP contribution < -0.4 is 5.73 Å². The van der Waals surface area contributed by atoms with Crippen molar-refractivity contribution in [3.8, 4) is 0 Å². The number of phosphoric acid groups is 1. The first-order valence-electron chi connectivity index (χ1n) is 20.7. The number of hydrogen-bond acceptors (Lipinski definition) is 8. The van der Waals surface area contributed by atoms with E-state index in [9.17, 15) is 19.0 Å². The van der Waals surface area contributed by atoms with Gasteiger partial charge < -0.3 is 25.2 Å². The number of phosphoric ester groups is 1. The SMILES string of the molecule is CCC/C=C\CCCCCCCC(=O)OC(COCCCCCCCCCCCCCCCCCCCCC)COP(=O)(O)OCC(N)C(=O)O. The zero-order valence-electron chi connectivity index (χ0n) is 32.7. The average Bonchev–Trinajstić information content (AvgIpc) is 3.10. The number of unbranched alkanes of at least 4 members (excludes halogenated alkanes) is 24. The second-order valence-corrected chi connectivity index (χ2v) is 15.6. The summed E-state index contributed by atoms with van der Waals surface area (Å²) in [5, 5.41) is 8.87. The van der Waals surface area contributed by atoms with Crippen LogP contribution in [0.2, 0.25) is 0 Å². The second-order valence-electron chi connectivity index (χ2n) is 14.1. The highest BCUT2D eigenvalue weighted by molar-refractivity contribution is 7.47. The fourth-order valence-corrected chi connectivity index (χ4v) is 6.56. The molecule has 0 aromatic heterocycles. The zero-order valence-corrected chi connectivity index (χ0v) is 33.6. The van der Waals surface area contributed by atoms with Gasteiger partial charge in [-0.2, -0.15) is 0 Å². The van der Waals surface area contributed by atoms with Crippen LogP contribution in [0.3, 0.4) is 0 Å². The van der Waals surface area contributed by atoms with Crippen molar-refractivity contribution in [3.05, 3.63) is 12.2 Å². The minimum Gasteiger partial charge on any atom is -0.480 e. The Bertz CT molecular complexity index is 873. The second kappa shape index (κ2) is 37.0.